The lowest BCUT2D eigenvalue weighted by Gasteiger charge is -2.40. The van der Waals surface area contributed by atoms with Gasteiger partial charge >= 0.3 is 13.1 Å². The summed E-state index contributed by atoms with van der Waals surface area (Å²) in [6.45, 7) is 3.86. The molecular weight excluding hydrogens is 441 g/mol. The van der Waals surface area contributed by atoms with Crippen molar-refractivity contribution < 1.29 is 34.6 Å². The number of amides is 1. The summed E-state index contributed by atoms with van der Waals surface area (Å²) in [4.78, 5) is 26.2. The fourth-order valence-corrected chi connectivity index (χ4v) is 4.86. The first-order valence-electron chi connectivity index (χ1n) is 12.0. The Bertz CT molecular complexity index is 855. The summed E-state index contributed by atoms with van der Waals surface area (Å²) < 4.78 is 5.81. The summed E-state index contributed by atoms with van der Waals surface area (Å²) in [7, 11) is -1.57. The van der Waals surface area contributed by atoms with E-state index in [1.54, 1.807) is 11.8 Å². The Morgan fingerprint density at radius 1 is 1.24 bits per heavy atom. The minimum atomic E-state index is -1.57. The molecule has 2 fully saturated rings. The van der Waals surface area contributed by atoms with Gasteiger partial charge < -0.3 is 40.9 Å². The summed E-state index contributed by atoms with van der Waals surface area (Å²) in [6, 6.07) is 3.49. The van der Waals surface area contributed by atoms with Crippen LogP contribution in [0, 0.1) is 5.92 Å². The third-order valence-electron chi connectivity index (χ3n) is 6.86. The van der Waals surface area contributed by atoms with Crippen molar-refractivity contribution in [2.75, 3.05) is 26.2 Å². The molecule has 3 rings (SSSR count). The van der Waals surface area contributed by atoms with Gasteiger partial charge in [-0.05, 0) is 55.5 Å². The third kappa shape index (κ3) is 6.62. The topological polar surface area (TPSA) is 166 Å². The molecule has 7 N–H and O–H groups in total. The quantitative estimate of drug-likeness (QED) is 0.252. The molecule has 1 aliphatic carbocycles. The van der Waals surface area contributed by atoms with Crippen molar-refractivity contribution in [2.45, 2.75) is 63.4 Å². The molecule has 34 heavy (non-hydrogen) atoms. The van der Waals surface area contributed by atoms with E-state index in [0.29, 0.717) is 43.6 Å². The molecule has 0 spiro atoms. The monoisotopic (exact) mass is 477 g/mol. The highest BCUT2D eigenvalue weighted by molar-refractivity contribution is 6.41. The lowest BCUT2D eigenvalue weighted by Crippen LogP contribution is -2.56. The molecule has 1 aromatic rings. The van der Waals surface area contributed by atoms with E-state index in [1.165, 1.54) is 12.1 Å². The predicted octanol–water partition coefficient (Wildman–Crippen LogP) is 0.754. The molecule has 1 saturated heterocycles. The van der Waals surface area contributed by atoms with Gasteiger partial charge in [0, 0.05) is 25.6 Å². The fraction of sp³-hybridized carbons (Fsp3) is 0.652. The average Bonchev–Trinajstić information content (AvgIpc) is 2.74. The van der Waals surface area contributed by atoms with Crippen molar-refractivity contribution >= 4 is 19.0 Å². The maximum Gasteiger partial charge on any atom is 0.452 e. The number of benzene rings is 1. The molecule has 10 nitrogen and oxygen atoms in total. The van der Waals surface area contributed by atoms with Crippen molar-refractivity contribution in [1.29, 1.82) is 0 Å². The minimum absolute atomic E-state index is 0.0332. The molecular formula is C23H36BN3O7. The summed E-state index contributed by atoms with van der Waals surface area (Å²) in [5, 5.41) is 41.9. The Kier molecular flexibility index (Phi) is 9.18. The molecule has 1 aromatic carbocycles. The van der Waals surface area contributed by atoms with Gasteiger partial charge in [0.1, 0.15) is 23.2 Å². The molecule has 0 bridgehead atoms. The van der Waals surface area contributed by atoms with Gasteiger partial charge in [-0.25, -0.2) is 4.79 Å². The van der Waals surface area contributed by atoms with Gasteiger partial charge in [-0.2, -0.15) is 0 Å². The lowest BCUT2D eigenvalue weighted by molar-refractivity contribution is -0.141. The summed E-state index contributed by atoms with van der Waals surface area (Å²) >= 11 is 0. The smallest absolute Gasteiger partial charge is 0.452 e. The largest absolute Gasteiger partial charge is 0.507 e. The van der Waals surface area contributed by atoms with E-state index in [4.69, 9.17) is 10.5 Å². The Morgan fingerprint density at radius 2 is 1.91 bits per heavy atom. The highest BCUT2D eigenvalue weighted by atomic mass is 16.5. The van der Waals surface area contributed by atoms with Crippen LogP contribution in [-0.2, 0) is 4.79 Å². The van der Waals surface area contributed by atoms with Crippen molar-refractivity contribution in [2.24, 2.45) is 11.7 Å². The normalized spacial score (nSPS) is 21.6. The number of carbonyl (C=O) groups is 2. The molecule has 0 unspecified atom stereocenters. The van der Waals surface area contributed by atoms with Crippen LogP contribution in [0.3, 0.4) is 0 Å². The Hall–Kier alpha value is -2.34. The zero-order valence-electron chi connectivity index (χ0n) is 19.7. The van der Waals surface area contributed by atoms with E-state index < -0.39 is 24.8 Å². The Balaban J connectivity index is 1.51. The molecule has 1 atom stereocenters. The average molecular weight is 477 g/mol. The number of aromatic carboxylic acids is 1. The lowest BCUT2D eigenvalue weighted by atomic mass is 9.76. The van der Waals surface area contributed by atoms with Gasteiger partial charge in [-0.1, -0.05) is 13.0 Å². The van der Waals surface area contributed by atoms with Crippen LogP contribution in [0.25, 0.3) is 0 Å². The van der Waals surface area contributed by atoms with Crippen molar-refractivity contribution in [3.8, 4) is 11.5 Å². The minimum Gasteiger partial charge on any atom is -0.507 e. The van der Waals surface area contributed by atoms with Crippen molar-refractivity contribution in [3.05, 3.63) is 23.3 Å². The first-order valence-corrected chi connectivity index (χ1v) is 12.0. The number of carbonyl (C=O) groups excluding carboxylic acids is 1. The van der Waals surface area contributed by atoms with Gasteiger partial charge in [0.05, 0.1) is 13.1 Å². The number of ether oxygens (including phenoxy) is 1. The van der Waals surface area contributed by atoms with Crippen molar-refractivity contribution in [3.63, 3.8) is 0 Å². The predicted molar refractivity (Wildman–Crippen MR) is 127 cm³/mol. The molecule has 0 radical (unpaired) electrons. The number of nitrogens with two attached hydrogens (primary N) is 1. The number of aromatic hydroxyl groups is 1. The number of carboxylic acid groups (broad SMARTS) is 1. The highest BCUT2D eigenvalue weighted by Crippen LogP contribution is 2.38. The third-order valence-corrected chi connectivity index (χ3v) is 6.86. The number of rotatable bonds is 11. The molecule has 1 saturated carbocycles. The maximum absolute atomic E-state index is 12.6. The zero-order chi connectivity index (χ0) is 24.8. The summed E-state index contributed by atoms with van der Waals surface area (Å²) in [6.07, 6.45) is 4.26. The number of hydrogen-bond acceptors (Lipinski definition) is 8. The molecule has 1 amide bonds. The van der Waals surface area contributed by atoms with Crippen LogP contribution in [0.4, 0.5) is 0 Å². The SMILES string of the molecule is C[C@@H](CB(O)O)c1ccc(OC2CN(C(=O)C[C@H]3CC[C@H](NCCN)CC3)C2)c(C(=O)O)c1O. The second kappa shape index (κ2) is 11.9. The molecule has 1 aliphatic heterocycles. The van der Waals surface area contributed by atoms with Crippen LogP contribution < -0.4 is 15.8 Å². The molecule has 2 aliphatic rings. The van der Waals surface area contributed by atoms with Crippen LogP contribution in [0.2, 0.25) is 6.32 Å². The van der Waals surface area contributed by atoms with Crippen LogP contribution in [0.1, 0.15) is 60.9 Å². The highest BCUT2D eigenvalue weighted by Gasteiger charge is 2.35. The van der Waals surface area contributed by atoms with E-state index >= 15 is 0 Å². The van der Waals surface area contributed by atoms with Gasteiger partial charge in [-0.15, -0.1) is 0 Å². The van der Waals surface area contributed by atoms with Gasteiger partial charge in [0.2, 0.25) is 5.91 Å². The standard InChI is InChI=1S/C23H36BN3O7/c1-14(11-24(32)33)18-6-7-19(21(22(18)29)23(30)31)34-17-12-27(13-17)20(28)10-15-2-4-16(5-3-15)26-9-8-25/h6-7,14-17,26,29,32-33H,2-5,8-13,25H2,1H3,(H,30,31)/t14-,15-,16-/m0/s1. The molecule has 1 heterocycles. The van der Waals surface area contributed by atoms with E-state index in [9.17, 15) is 29.9 Å². The van der Waals surface area contributed by atoms with Crippen LogP contribution in [0.15, 0.2) is 12.1 Å². The Labute approximate surface area is 200 Å². The van der Waals surface area contributed by atoms with Gasteiger partial charge in [0.15, 0.2) is 0 Å². The van der Waals surface area contributed by atoms with Crippen LogP contribution in [0.5, 0.6) is 11.5 Å². The van der Waals surface area contributed by atoms with E-state index in [2.05, 4.69) is 5.32 Å². The van der Waals surface area contributed by atoms with E-state index in [0.717, 1.165) is 32.2 Å². The number of phenols is 1. The fourth-order valence-electron chi connectivity index (χ4n) is 4.86. The maximum atomic E-state index is 12.6. The first-order chi connectivity index (χ1) is 16.2. The first kappa shape index (κ1) is 26.3. The summed E-state index contributed by atoms with van der Waals surface area (Å²) in [5.74, 6) is -1.74. The summed E-state index contributed by atoms with van der Waals surface area (Å²) in [5.41, 5.74) is 5.48. The molecule has 11 heteroatoms. The van der Waals surface area contributed by atoms with E-state index in [-0.39, 0.29) is 29.6 Å². The number of likely N-dealkylation sites (tertiary alicyclic amines) is 1. The molecule has 0 aromatic heterocycles. The van der Waals surface area contributed by atoms with Gasteiger partial charge in [-0.3, -0.25) is 4.79 Å². The van der Waals surface area contributed by atoms with Gasteiger partial charge in [0.25, 0.3) is 0 Å². The van der Waals surface area contributed by atoms with Crippen LogP contribution >= 0.6 is 0 Å². The molecule has 188 valence electrons. The second-order valence-corrected chi connectivity index (χ2v) is 9.50. The number of hydrogen-bond donors (Lipinski definition) is 6. The number of carboxylic acids is 1. The number of nitrogens with zero attached hydrogens (tertiary/aromatic N) is 1. The van der Waals surface area contributed by atoms with Crippen molar-refractivity contribution in [1.82, 2.24) is 10.2 Å². The van der Waals surface area contributed by atoms with E-state index in [1.807, 2.05) is 0 Å². The van der Waals surface area contributed by atoms with Crippen LogP contribution in [-0.4, -0.2) is 82.5 Å². The second-order valence-electron chi connectivity index (χ2n) is 9.50. The Morgan fingerprint density at radius 3 is 2.50 bits per heavy atom. The zero-order valence-corrected chi connectivity index (χ0v) is 19.7. The number of nitrogens with one attached hydrogen (secondary N) is 1.